The molecule has 0 radical (unpaired) electrons. The van der Waals surface area contributed by atoms with E-state index >= 15 is 0 Å². The molecule has 0 N–H and O–H groups in total. The van der Waals surface area contributed by atoms with Gasteiger partial charge >= 0.3 is 0 Å². The van der Waals surface area contributed by atoms with E-state index in [1.54, 1.807) is 26.6 Å². The summed E-state index contributed by atoms with van der Waals surface area (Å²) in [5, 5.41) is 8.33. The lowest BCUT2D eigenvalue weighted by Crippen LogP contribution is -2.51. The molecule has 8 nitrogen and oxygen atoms in total. The highest BCUT2D eigenvalue weighted by Crippen LogP contribution is 2.27. The van der Waals surface area contributed by atoms with Crippen LogP contribution < -0.4 is 0 Å². The molecule has 0 bridgehead atoms. The third-order valence-corrected chi connectivity index (χ3v) is 6.21. The van der Waals surface area contributed by atoms with Crippen LogP contribution in [0.25, 0.3) is 0 Å². The number of hydrogen-bond donors (Lipinski definition) is 0. The number of aryl methyl sites for hydroxylation is 1. The molecule has 5 rings (SSSR count). The van der Waals surface area contributed by atoms with E-state index < -0.39 is 5.82 Å². The second-order valence-corrected chi connectivity index (χ2v) is 8.34. The van der Waals surface area contributed by atoms with E-state index in [1.807, 2.05) is 31.2 Å². The van der Waals surface area contributed by atoms with Crippen molar-refractivity contribution in [3.8, 4) is 0 Å². The van der Waals surface area contributed by atoms with Crippen LogP contribution >= 0.6 is 0 Å². The minimum absolute atomic E-state index is 0.0462. The number of piperazine rings is 1. The van der Waals surface area contributed by atoms with Crippen molar-refractivity contribution in [2.24, 2.45) is 0 Å². The smallest absolute Gasteiger partial charge is 0.276 e. The number of benzene rings is 2. The summed E-state index contributed by atoms with van der Waals surface area (Å²) >= 11 is 0. The first kappa shape index (κ1) is 21.3. The zero-order valence-electron chi connectivity index (χ0n) is 18.3. The number of nitrogens with zero attached hydrogens (tertiary/aromatic N) is 5. The van der Waals surface area contributed by atoms with Gasteiger partial charge in [-0.15, -0.1) is 5.10 Å². The summed E-state index contributed by atoms with van der Waals surface area (Å²) in [6.07, 6.45) is -0.143. The topological polar surface area (TPSA) is 80.6 Å². The lowest BCUT2D eigenvalue weighted by Gasteiger charge is -2.34. The van der Waals surface area contributed by atoms with Crippen molar-refractivity contribution in [2.75, 3.05) is 26.2 Å². The minimum atomic E-state index is -0.541. The molecule has 1 saturated heterocycles. The number of carbonyl (C=O) groups excluding carboxylic acids is 2. The first-order chi connectivity index (χ1) is 16.0. The molecule has 3 heterocycles. The molecule has 1 atom stereocenters. The van der Waals surface area contributed by atoms with Crippen molar-refractivity contribution >= 4 is 11.8 Å². The minimum Gasteiger partial charge on any atom is -0.365 e. The van der Waals surface area contributed by atoms with Crippen LogP contribution in [0.4, 0.5) is 4.39 Å². The lowest BCUT2D eigenvalue weighted by atomic mass is 10.1. The van der Waals surface area contributed by atoms with Crippen molar-refractivity contribution in [2.45, 2.75) is 26.2 Å². The summed E-state index contributed by atoms with van der Waals surface area (Å²) in [6.45, 7) is 4.12. The summed E-state index contributed by atoms with van der Waals surface area (Å²) in [7, 11) is 0. The van der Waals surface area contributed by atoms with Gasteiger partial charge in [0, 0.05) is 26.2 Å². The zero-order chi connectivity index (χ0) is 22.9. The molecule has 2 aliphatic heterocycles. The molecular weight excluding hydrogens is 425 g/mol. The fraction of sp³-hybridized carbons (Fsp3) is 0.333. The van der Waals surface area contributed by atoms with E-state index in [4.69, 9.17) is 4.74 Å². The summed E-state index contributed by atoms with van der Waals surface area (Å²) < 4.78 is 21.7. The first-order valence-corrected chi connectivity index (χ1v) is 10.9. The normalized spacial score (nSPS) is 18.2. The fourth-order valence-corrected chi connectivity index (χ4v) is 4.23. The highest BCUT2D eigenvalue weighted by molar-refractivity contribution is 5.95. The van der Waals surface area contributed by atoms with Crippen molar-refractivity contribution in [3.63, 3.8) is 0 Å². The van der Waals surface area contributed by atoms with Crippen LogP contribution in [0.15, 0.2) is 48.5 Å². The molecular formula is C24H24FN5O3. The molecule has 0 unspecified atom stereocenters. The Balaban J connectivity index is 1.23. The molecule has 1 aromatic heterocycles. The zero-order valence-corrected chi connectivity index (χ0v) is 18.3. The molecule has 0 spiro atoms. The second kappa shape index (κ2) is 8.74. The number of rotatable bonds is 3. The Bertz CT molecular complexity index is 1190. The van der Waals surface area contributed by atoms with E-state index in [0.717, 1.165) is 5.56 Å². The van der Waals surface area contributed by atoms with Crippen LogP contribution in [0.5, 0.6) is 0 Å². The predicted octanol–water partition coefficient (Wildman–Crippen LogP) is 2.60. The van der Waals surface area contributed by atoms with Crippen LogP contribution in [-0.4, -0.2) is 62.8 Å². The van der Waals surface area contributed by atoms with Gasteiger partial charge in [0.05, 0.1) is 24.4 Å². The average molecular weight is 449 g/mol. The Morgan fingerprint density at radius 1 is 0.970 bits per heavy atom. The lowest BCUT2D eigenvalue weighted by molar-refractivity contribution is -0.00203. The van der Waals surface area contributed by atoms with Gasteiger partial charge in [-0.25, -0.2) is 9.07 Å². The highest BCUT2D eigenvalue weighted by Gasteiger charge is 2.32. The van der Waals surface area contributed by atoms with E-state index in [1.165, 1.54) is 17.7 Å². The van der Waals surface area contributed by atoms with Gasteiger partial charge in [-0.2, -0.15) is 0 Å². The largest absolute Gasteiger partial charge is 0.365 e. The summed E-state index contributed by atoms with van der Waals surface area (Å²) in [5.41, 5.74) is 3.23. The number of halogens is 1. The van der Waals surface area contributed by atoms with Gasteiger partial charge < -0.3 is 14.5 Å². The van der Waals surface area contributed by atoms with E-state index in [0.29, 0.717) is 38.4 Å². The summed E-state index contributed by atoms with van der Waals surface area (Å²) in [6, 6.07) is 14.1. The van der Waals surface area contributed by atoms with Crippen molar-refractivity contribution in [1.82, 2.24) is 24.8 Å². The van der Waals surface area contributed by atoms with Crippen molar-refractivity contribution in [3.05, 3.63) is 82.4 Å². The average Bonchev–Trinajstić information content (AvgIpc) is 3.27. The highest BCUT2D eigenvalue weighted by atomic mass is 19.1. The Hall–Kier alpha value is -3.59. The van der Waals surface area contributed by atoms with E-state index in [2.05, 4.69) is 10.3 Å². The number of aromatic nitrogens is 3. The molecule has 170 valence electrons. The van der Waals surface area contributed by atoms with Crippen LogP contribution in [0.1, 0.15) is 43.8 Å². The molecule has 9 heteroatoms. The van der Waals surface area contributed by atoms with Crippen LogP contribution in [-0.2, 0) is 17.9 Å². The third-order valence-electron chi connectivity index (χ3n) is 6.21. The maximum absolute atomic E-state index is 14.0. The fourth-order valence-electron chi connectivity index (χ4n) is 4.23. The Morgan fingerprint density at radius 2 is 1.64 bits per heavy atom. The Labute approximate surface area is 190 Å². The van der Waals surface area contributed by atoms with Crippen LogP contribution in [0, 0.1) is 12.7 Å². The van der Waals surface area contributed by atoms with Crippen LogP contribution in [0.2, 0.25) is 0 Å². The Kier molecular flexibility index (Phi) is 5.63. The molecule has 0 aliphatic carbocycles. The molecule has 2 aliphatic rings. The summed E-state index contributed by atoms with van der Waals surface area (Å²) in [5.74, 6) is -1.14. The summed E-state index contributed by atoms with van der Waals surface area (Å²) in [4.78, 5) is 29.0. The Morgan fingerprint density at radius 3 is 2.33 bits per heavy atom. The first-order valence-electron chi connectivity index (χ1n) is 10.9. The van der Waals surface area contributed by atoms with Crippen molar-refractivity contribution in [1.29, 1.82) is 0 Å². The molecule has 3 aromatic rings. The van der Waals surface area contributed by atoms with E-state index in [9.17, 15) is 14.0 Å². The van der Waals surface area contributed by atoms with Crippen molar-refractivity contribution < 1.29 is 18.7 Å². The predicted molar refractivity (Wildman–Crippen MR) is 117 cm³/mol. The van der Waals surface area contributed by atoms with Gasteiger partial charge in [-0.1, -0.05) is 47.2 Å². The second-order valence-electron chi connectivity index (χ2n) is 8.34. The van der Waals surface area contributed by atoms with Gasteiger partial charge in [-0.3, -0.25) is 9.59 Å². The SMILES string of the molecule is Cc1ccc([C@H]2Cn3nnc(C(=O)N4CCN(C(=O)c5ccccc5F)CC4)c3CO2)cc1. The molecule has 1 fully saturated rings. The monoisotopic (exact) mass is 449 g/mol. The standard InChI is InChI=1S/C24H24FN5O3/c1-16-6-8-17(9-7-16)21-14-30-20(15-33-21)22(26-27-30)24(32)29-12-10-28(11-13-29)23(31)18-4-2-3-5-19(18)25/h2-9,21H,10-15H2,1H3/t21-/m1/s1. The van der Waals surface area contributed by atoms with Gasteiger partial charge in [0.15, 0.2) is 5.69 Å². The molecule has 0 saturated carbocycles. The quantitative estimate of drug-likeness (QED) is 0.614. The molecule has 33 heavy (non-hydrogen) atoms. The maximum Gasteiger partial charge on any atom is 0.276 e. The van der Waals surface area contributed by atoms with Gasteiger partial charge in [0.2, 0.25) is 0 Å². The van der Waals surface area contributed by atoms with Gasteiger partial charge in [0.25, 0.3) is 11.8 Å². The third kappa shape index (κ3) is 4.11. The molecule has 2 amide bonds. The molecule has 2 aromatic carbocycles. The van der Waals surface area contributed by atoms with Gasteiger partial charge in [0.1, 0.15) is 11.9 Å². The van der Waals surface area contributed by atoms with Gasteiger partial charge in [-0.05, 0) is 24.6 Å². The number of hydrogen-bond acceptors (Lipinski definition) is 5. The van der Waals surface area contributed by atoms with Crippen LogP contribution in [0.3, 0.4) is 0 Å². The number of fused-ring (bicyclic) bond motifs is 1. The number of amides is 2. The number of carbonyl (C=O) groups is 2. The maximum atomic E-state index is 14.0. The number of ether oxygens (including phenoxy) is 1. The van der Waals surface area contributed by atoms with E-state index in [-0.39, 0.29) is 35.8 Å².